The summed E-state index contributed by atoms with van der Waals surface area (Å²) < 4.78 is 27.5. The Bertz CT molecular complexity index is 747. The summed E-state index contributed by atoms with van der Waals surface area (Å²) in [6.07, 6.45) is 1.65. The Kier molecular flexibility index (Phi) is 6.00. The van der Waals surface area contributed by atoms with Crippen LogP contribution in [0.3, 0.4) is 0 Å². The number of sulfonamides is 1. The van der Waals surface area contributed by atoms with E-state index in [2.05, 4.69) is 31.3 Å². The molecule has 0 unspecified atom stereocenters. The lowest BCUT2D eigenvalue weighted by molar-refractivity contribution is -0.122. The minimum atomic E-state index is -3.65. The van der Waals surface area contributed by atoms with Crippen LogP contribution in [0, 0.1) is 0 Å². The molecule has 1 atom stereocenters. The molecule has 2 amide bonds. The van der Waals surface area contributed by atoms with Crippen LogP contribution >= 0.6 is 15.9 Å². The zero-order chi connectivity index (χ0) is 17.9. The molecule has 1 saturated carbocycles. The van der Waals surface area contributed by atoms with Crippen LogP contribution < -0.4 is 15.4 Å². The molecule has 3 N–H and O–H groups in total. The molecule has 2 rings (SSSR count). The number of likely N-dealkylation sites (N-methyl/N-ethyl adjacent to an activating group) is 1. The Morgan fingerprint density at radius 2 is 2.00 bits per heavy atom. The second-order valence-electron chi connectivity index (χ2n) is 5.63. The molecule has 0 radical (unpaired) electrons. The van der Waals surface area contributed by atoms with Crippen molar-refractivity contribution in [2.75, 3.05) is 6.54 Å². The minimum absolute atomic E-state index is 0.0197. The molecule has 1 aromatic carbocycles. The highest BCUT2D eigenvalue weighted by atomic mass is 79.9. The van der Waals surface area contributed by atoms with Gasteiger partial charge in [0.25, 0.3) is 5.91 Å². The number of carbonyl (C=O) groups excluding carboxylic acids is 2. The van der Waals surface area contributed by atoms with Gasteiger partial charge >= 0.3 is 0 Å². The van der Waals surface area contributed by atoms with E-state index >= 15 is 0 Å². The van der Waals surface area contributed by atoms with E-state index in [1.807, 2.05) is 0 Å². The number of nitrogens with one attached hydrogen (secondary N) is 3. The number of carbonyl (C=O) groups is 2. The number of hydrogen-bond acceptors (Lipinski definition) is 4. The van der Waals surface area contributed by atoms with Gasteiger partial charge in [-0.15, -0.1) is 0 Å². The Morgan fingerprint density at radius 1 is 1.33 bits per heavy atom. The van der Waals surface area contributed by atoms with Gasteiger partial charge in [0.2, 0.25) is 15.9 Å². The zero-order valence-corrected chi connectivity index (χ0v) is 15.8. The fourth-order valence-corrected chi connectivity index (χ4v) is 3.76. The van der Waals surface area contributed by atoms with Crippen LogP contribution in [0.4, 0.5) is 0 Å². The van der Waals surface area contributed by atoms with Crippen LogP contribution in [0.25, 0.3) is 0 Å². The van der Waals surface area contributed by atoms with Crippen molar-refractivity contribution in [1.82, 2.24) is 15.4 Å². The Labute approximate surface area is 149 Å². The summed E-state index contributed by atoms with van der Waals surface area (Å²) in [5.74, 6) is -0.828. The number of amides is 2. The van der Waals surface area contributed by atoms with E-state index in [0.29, 0.717) is 11.0 Å². The monoisotopic (exact) mass is 417 g/mol. The van der Waals surface area contributed by atoms with Gasteiger partial charge in [0.1, 0.15) is 6.04 Å². The molecule has 0 bridgehead atoms. The third kappa shape index (κ3) is 4.78. The molecule has 1 aliphatic carbocycles. The third-order valence-electron chi connectivity index (χ3n) is 3.48. The molecular formula is C15H20BrN3O4S. The largest absolute Gasteiger partial charge is 0.355 e. The van der Waals surface area contributed by atoms with Gasteiger partial charge < -0.3 is 10.6 Å². The molecule has 9 heteroatoms. The molecule has 1 fully saturated rings. The number of halogens is 1. The highest BCUT2D eigenvalue weighted by Crippen LogP contribution is 2.25. The molecule has 0 aromatic heterocycles. The van der Waals surface area contributed by atoms with Crippen molar-refractivity contribution in [1.29, 1.82) is 0 Å². The van der Waals surface area contributed by atoms with Gasteiger partial charge in [-0.3, -0.25) is 9.59 Å². The molecule has 0 spiro atoms. The van der Waals surface area contributed by atoms with Gasteiger partial charge in [0.15, 0.2) is 0 Å². The van der Waals surface area contributed by atoms with Crippen molar-refractivity contribution in [2.45, 2.75) is 43.7 Å². The molecule has 0 saturated heterocycles. The summed E-state index contributed by atoms with van der Waals surface area (Å²) in [5, 5.41) is 5.17. The predicted molar refractivity (Wildman–Crippen MR) is 93.1 cm³/mol. The van der Waals surface area contributed by atoms with Crippen LogP contribution in [-0.4, -0.2) is 38.9 Å². The smallest absolute Gasteiger partial charge is 0.253 e. The van der Waals surface area contributed by atoms with E-state index in [1.54, 1.807) is 13.8 Å². The first-order valence-electron chi connectivity index (χ1n) is 7.65. The van der Waals surface area contributed by atoms with Gasteiger partial charge in [-0.25, -0.2) is 13.1 Å². The van der Waals surface area contributed by atoms with Crippen LogP contribution in [-0.2, 0) is 14.8 Å². The van der Waals surface area contributed by atoms with Crippen LogP contribution in [0.2, 0.25) is 0 Å². The summed E-state index contributed by atoms with van der Waals surface area (Å²) in [6.45, 7) is 3.81. The lowest BCUT2D eigenvalue weighted by atomic mass is 10.2. The molecule has 7 nitrogen and oxygen atoms in total. The van der Waals surface area contributed by atoms with Crippen molar-refractivity contribution in [3.8, 4) is 0 Å². The molecule has 24 heavy (non-hydrogen) atoms. The summed E-state index contributed by atoms with van der Waals surface area (Å²) in [5.41, 5.74) is 0.157. The van der Waals surface area contributed by atoms with Crippen molar-refractivity contribution >= 4 is 37.8 Å². The number of benzene rings is 1. The van der Waals surface area contributed by atoms with Gasteiger partial charge in [0, 0.05) is 17.1 Å². The van der Waals surface area contributed by atoms with E-state index in [9.17, 15) is 18.0 Å². The van der Waals surface area contributed by atoms with Gasteiger partial charge in [-0.2, -0.15) is 0 Å². The first-order chi connectivity index (χ1) is 11.2. The highest BCUT2D eigenvalue weighted by molar-refractivity contribution is 9.10. The molecule has 132 valence electrons. The summed E-state index contributed by atoms with van der Waals surface area (Å²) in [6, 6.07) is 3.49. The Morgan fingerprint density at radius 3 is 2.58 bits per heavy atom. The molecular weight excluding hydrogens is 398 g/mol. The molecule has 1 aliphatic rings. The maximum atomic E-state index is 12.4. The summed E-state index contributed by atoms with van der Waals surface area (Å²) in [7, 11) is -3.65. The van der Waals surface area contributed by atoms with E-state index < -0.39 is 22.0 Å². The van der Waals surface area contributed by atoms with Gasteiger partial charge in [-0.05, 0) is 60.8 Å². The second-order valence-corrected chi connectivity index (χ2v) is 8.20. The molecule has 0 heterocycles. The van der Waals surface area contributed by atoms with Gasteiger partial charge in [0.05, 0.1) is 10.5 Å². The van der Waals surface area contributed by atoms with E-state index in [4.69, 9.17) is 0 Å². The fourth-order valence-electron chi connectivity index (χ4n) is 2.00. The first-order valence-corrected chi connectivity index (χ1v) is 9.92. The van der Waals surface area contributed by atoms with Crippen molar-refractivity contribution in [3.05, 3.63) is 28.2 Å². The average molecular weight is 418 g/mol. The molecule has 1 aromatic rings. The summed E-state index contributed by atoms with van der Waals surface area (Å²) in [4.78, 5) is 24.1. The fraction of sp³-hybridized carbons (Fsp3) is 0.467. The van der Waals surface area contributed by atoms with Gasteiger partial charge in [-0.1, -0.05) is 0 Å². The predicted octanol–water partition coefficient (Wildman–Crippen LogP) is 1.14. The lowest BCUT2D eigenvalue weighted by Gasteiger charge is -2.15. The number of hydrogen-bond donors (Lipinski definition) is 3. The summed E-state index contributed by atoms with van der Waals surface area (Å²) >= 11 is 3.24. The average Bonchev–Trinajstić information content (AvgIpc) is 3.30. The lowest BCUT2D eigenvalue weighted by Crippen LogP contribution is -2.44. The van der Waals surface area contributed by atoms with E-state index in [1.165, 1.54) is 18.2 Å². The van der Waals surface area contributed by atoms with Crippen molar-refractivity contribution < 1.29 is 18.0 Å². The maximum absolute atomic E-state index is 12.4. The SMILES string of the molecule is CCNC(=O)[C@@H](C)NC(=O)c1cc(S(=O)(=O)NC2CC2)ccc1Br. The first kappa shape index (κ1) is 18.9. The second kappa shape index (κ2) is 7.62. The minimum Gasteiger partial charge on any atom is -0.355 e. The maximum Gasteiger partial charge on any atom is 0.253 e. The topological polar surface area (TPSA) is 104 Å². The molecule has 0 aliphatic heterocycles. The van der Waals surface area contributed by atoms with Crippen molar-refractivity contribution in [2.24, 2.45) is 0 Å². The quantitative estimate of drug-likeness (QED) is 0.618. The standard InChI is InChI=1S/C15H20BrN3O4S/c1-3-17-14(20)9(2)18-15(21)12-8-11(6-7-13(12)16)24(22,23)19-10-4-5-10/h6-10,19H,3-5H2,1-2H3,(H,17,20)(H,18,21)/t9-/m1/s1. The van der Waals surface area contributed by atoms with Crippen LogP contribution in [0.5, 0.6) is 0 Å². The Balaban J connectivity index is 2.18. The number of rotatable bonds is 7. The third-order valence-corrected chi connectivity index (χ3v) is 5.69. The Hall–Kier alpha value is -1.45. The van der Waals surface area contributed by atoms with Crippen LogP contribution in [0.15, 0.2) is 27.6 Å². The van der Waals surface area contributed by atoms with E-state index in [-0.39, 0.29) is 22.4 Å². The van der Waals surface area contributed by atoms with Crippen molar-refractivity contribution in [3.63, 3.8) is 0 Å². The van der Waals surface area contributed by atoms with E-state index in [0.717, 1.165) is 12.8 Å². The normalized spacial score (nSPS) is 15.6. The highest BCUT2D eigenvalue weighted by Gasteiger charge is 2.29. The zero-order valence-electron chi connectivity index (χ0n) is 13.4. The van der Waals surface area contributed by atoms with Crippen LogP contribution in [0.1, 0.15) is 37.0 Å².